The van der Waals surface area contributed by atoms with Crippen molar-refractivity contribution in [2.45, 2.75) is 58.3 Å². The van der Waals surface area contributed by atoms with Gasteiger partial charge in [-0.25, -0.2) is 0 Å². The second-order valence-electron chi connectivity index (χ2n) is 8.87. The highest BCUT2D eigenvalue weighted by Crippen LogP contribution is 2.43. The van der Waals surface area contributed by atoms with E-state index in [9.17, 15) is 4.79 Å². The quantitative estimate of drug-likeness (QED) is 0.324. The highest BCUT2D eigenvalue weighted by Gasteiger charge is 2.35. The van der Waals surface area contributed by atoms with Crippen LogP contribution in [0.15, 0.2) is 53.7 Å². The van der Waals surface area contributed by atoms with Gasteiger partial charge in [0.2, 0.25) is 23.2 Å². The van der Waals surface area contributed by atoms with E-state index in [0.717, 1.165) is 41.2 Å². The highest BCUT2D eigenvalue weighted by atomic mass is 32.2. The third-order valence-corrected chi connectivity index (χ3v) is 6.69. The molecule has 1 aromatic heterocycles. The van der Waals surface area contributed by atoms with E-state index in [2.05, 4.69) is 31.0 Å². The van der Waals surface area contributed by atoms with Crippen LogP contribution in [0.25, 0.3) is 11.3 Å². The molecule has 0 N–H and O–H groups in total. The minimum Gasteiger partial charge on any atom is -0.494 e. The molecule has 0 saturated heterocycles. The molecule has 1 atom stereocenters. The van der Waals surface area contributed by atoms with Crippen molar-refractivity contribution in [2.24, 2.45) is 5.92 Å². The van der Waals surface area contributed by atoms with E-state index in [1.165, 1.54) is 0 Å². The number of carbonyl (C=O) groups is 1. The Morgan fingerprint density at radius 1 is 1.09 bits per heavy atom. The van der Waals surface area contributed by atoms with E-state index in [-0.39, 0.29) is 5.91 Å². The standard InChI is InChI=1S/C27H32N4O3S/c1-5-9-23(32)31-22-11-8-7-10-21(22)24-25(28-27(30-29-24)35-17-18(3)4)34-26(31)19-12-14-20(15-13-19)33-16-6-2/h7-8,10-15,18,26H,5-6,9,16-17H2,1-4H3/t26-/m0/s1. The number of para-hydroxylation sites is 1. The number of thioether (sulfide) groups is 1. The number of benzene rings is 2. The Morgan fingerprint density at radius 2 is 1.86 bits per heavy atom. The maximum Gasteiger partial charge on any atom is 0.247 e. The van der Waals surface area contributed by atoms with E-state index in [1.807, 2.05) is 55.5 Å². The van der Waals surface area contributed by atoms with Gasteiger partial charge in [-0.2, -0.15) is 4.98 Å². The number of rotatable bonds is 9. The molecule has 1 aliphatic rings. The number of hydrogen-bond donors (Lipinski definition) is 0. The molecular weight excluding hydrogens is 460 g/mol. The van der Waals surface area contributed by atoms with Crippen LogP contribution in [0.4, 0.5) is 5.69 Å². The van der Waals surface area contributed by atoms with E-state index in [0.29, 0.717) is 35.7 Å². The average Bonchev–Trinajstić information content (AvgIpc) is 3.01. The summed E-state index contributed by atoms with van der Waals surface area (Å²) in [6.07, 6.45) is 1.37. The third-order valence-electron chi connectivity index (χ3n) is 5.43. The maximum absolute atomic E-state index is 13.5. The Hall–Kier alpha value is -3.13. The predicted octanol–water partition coefficient (Wildman–Crippen LogP) is 6.30. The van der Waals surface area contributed by atoms with Gasteiger partial charge in [-0.15, -0.1) is 10.2 Å². The largest absolute Gasteiger partial charge is 0.494 e. The predicted molar refractivity (Wildman–Crippen MR) is 139 cm³/mol. The zero-order chi connectivity index (χ0) is 24.8. The normalized spacial score (nSPS) is 14.7. The molecule has 35 heavy (non-hydrogen) atoms. The molecule has 1 amide bonds. The van der Waals surface area contributed by atoms with Crippen molar-refractivity contribution >= 4 is 23.4 Å². The van der Waals surface area contributed by atoms with Crippen LogP contribution < -0.4 is 14.4 Å². The number of hydrogen-bond acceptors (Lipinski definition) is 7. The molecule has 4 rings (SSSR count). The summed E-state index contributed by atoms with van der Waals surface area (Å²) in [6, 6.07) is 15.4. The van der Waals surface area contributed by atoms with Crippen molar-refractivity contribution in [3.8, 4) is 22.9 Å². The SMILES string of the molecule is CCCOc1ccc([C@@H]2Oc3nc(SCC(C)C)nnc3-c3ccccc3N2C(=O)CCC)cc1. The van der Waals surface area contributed by atoms with Crippen LogP contribution in [0.3, 0.4) is 0 Å². The Morgan fingerprint density at radius 3 is 2.57 bits per heavy atom. The smallest absolute Gasteiger partial charge is 0.247 e. The Labute approximate surface area is 211 Å². The highest BCUT2D eigenvalue weighted by molar-refractivity contribution is 7.99. The van der Waals surface area contributed by atoms with Crippen LogP contribution in [0.5, 0.6) is 11.6 Å². The molecule has 1 aliphatic heterocycles. The van der Waals surface area contributed by atoms with E-state index < -0.39 is 6.23 Å². The molecule has 0 unspecified atom stereocenters. The van der Waals surface area contributed by atoms with E-state index in [1.54, 1.807) is 16.7 Å². The van der Waals surface area contributed by atoms with Crippen LogP contribution in [-0.2, 0) is 4.79 Å². The molecule has 2 aromatic carbocycles. The summed E-state index contributed by atoms with van der Waals surface area (Å²) in [7, 11) is 0. The van der Waals surface area contributed by atoms with Crippen molar-refractivity contribution < 1.29 is 14.3 Å². The number of anilines is 1. The van der Waals surface area contributed by atoms with Gasteiger partial charge in [-0.3, -0.25) is 9.69 Å². The number of ether oxygens (including phenoxy) is 2. The second-order valence-corrected chi connectivity index (χ2v) is 9.86. The van der Waals surface area contributed by atoms with E-state index >= 15 is 0 Å². The van der Waals surface area contributed by atoms with Gasteiger partial charge in [0.15, 0.2) is 5.69 Å². The summed E-state index contributed by atoms with van der Waals surface area (Å²) < 4.78 is 12.3. The lowest BCUT2D eigenvalue weighted by molar-refractivity contribution is -0.120. The maximum atomic E-state index is 13.5. The van der Waals surface area contributed by atoms with Gasteiger partial charge in [0.1, 0.15) is 5.75 Å². The topological polar surface area (TPSA) is 77.4 Å². The molecule has 7 nitrogen and oxygen atoms in total. The lowest BCUT2D eigenvalue weighted by Crippen LogP contribution is -2.37. The van der Waals surface area contributed by atoms with Crippen molar-refractivity contribution in [3.63, 3.8) is 0 Å². The zero-order valence-corrected chi connectivity index (χ0v) is 21.5. The summed E-state index contributed by atoms with van der Waals surface area (Å²) in [6.45, 7) is 9.02. The van der Waals surface area contributed by atoms with Crippen molar-refractivity contribution in [1.82, 2.24) is 15.2 Å². The van der Waals surface area contributed by atoms with Gasteiger partial charge in [-0.1, -0.05) is 57.7 Å². The molecule has 0 saturated carbocycles. The monoisotopic (exact) mass is 492 g/mol. The second kappa shape index (κ2) is 11.5. The Kier molecular flexibility index (Phi) is 8.23. The van der Waals surface area contributed by atoms with Gasteiger partial charge in [0.25, 0.3) is 0 Å². The Bertz CT molecular complexity index is 1150. The number of aromatic nitrogens is 3. The van der Waals surface area contributed by atoms with E-state index in [4.69, 9.17) is 14.5 Å². The molecule has 184 valence electrons. The fourth-order valence-corrected chi connectivity index (χ4v) is 4.51. The Balaban J connectivity index is 1.81. The first-order valence-electron chi connectivity index (χ1n) is 12.2. The fourth-order valence-electron chi connectivity index (χ4n) is 3.79. The average molecular weight is 493 g/mol. The summed E-state index contributed by atoms with van der Waals surface area (Å²) in [5.74, 6) is 2.51. The van der Waals surface area contributed by atoms with Crippen LogP contribution in [0.1, 0.15) is 58.7 Å². The summed E-state index contributed by atoms with van der Waals surface area (Å²) >= 11 is 1.55. The first-order chi connectivity index (χ1) is 17.0. The van der Waals surface area contributed by atoms with Gasteiger partial charge >= 0.3 is 0 Å². The van der Waals surface area contributed by atoms with Crippen molar-refractivity contribution in [1.29, 1.82) is 0 Å². The molecule has 8 heteroatoms. The van der Waals surface area contributed by atoms with Gasteiger partial charge in [-0.05, 0) is 49.1 Å². The van der Waals surface area contributed by atoms with Crippen molar-refractivity contribution in [3.05, 3.63) is 54.1 Å². The summed E-state index contributed by atoms with van der Waals surface area (Å²) in [4.78, 5) is 19.9. The first kappa shape index (κ1) is 25.0. The first-order valence-corrected chi connectivity index (χ1v) is 13.2. The summed E-state index contributed by atoms with van der Waals surface area (Å²) in [5, 5.41) is 9.41. The molecule has 0 aliphatic carbocycles. The number of nitrogens with zero attached hydrogens (tertiary/aromatic N) is 4. The summed E-state index contributed by atoms with van der Waals surface area (Å²) in [5.41, 5.74) is 2.88. The fraction of sp³-hybridized carbons (Fsp3) is 0.407. The van der Waals surface area contributed by atoms with Gasteiger partial charge in [0, 0.05) is 23.3 Å². The molecular formula is C27H32N4O3S. The van der Waals surface area contributed by atoms with Crippen LogP contribution in [0, 0.1) is 5.92 Å². The van der Waals surface area contributed by atoms with Crippen LogP contribution in [-0.4, -0.2) is 33.4 Å². The van der Waals surface area contributed by atoms with Crippen molar-refractivity contribution in [2.75, 3.05) is 17.3 Å². The number of amides is 1. The molecule has 0 radical (unpaired) electrons. The van der Waals surface area contributed by atoms with Gasteiger partial charge < -0.3 is 9.47 Å². The van der Waals surface area contributed by atoms with Crippen LogP contribution >= 0.6 is 11.8 Å². The van der Waals surface area contributed by atoms with Crippen LogP contribution in [0.2, 0.25) is 0 Å². The lowest BCUT2D eigenvalue weighted by atomic mass is 10.1. The molecule has 0 fully saturated rings. The number of carbonyl (C=O) groups excluding carboxylic acids is 1. The molecule has 0 spiro atoms. The van der Waals surface area contributed by atoms with Gasteiger partial charge in [0.05, 0.1) is 12.3 Å². The zero-order valence-electron chi connectivity index (χ0n) is 20.7. The minimum atomic E-state index is -0.698. The third kappa shape index (κ3) is 5.75. The molecule has 3 aromatic rings. The molecule has 0 bridgehead atoms. The number of fused-ring (bicyclic) bond motifs is 3. The molecule has 2 heterocycles. The lowest BCUT2D eigenvalue weighted by Gasteiger charge is -2.31. The minimum absolute atomic E-state index is 0.0218.